The number of fused-ring (bicyclic) bond motifs is 3. The van der Waals surface area contributed by atoms with E-state index in [1.54, 1.807) is 12.5 Å². The zero-order valence-electron chi connectivity index (χ0n) is 12.9. The average molecular weight is 337 g/mol. The van der Waals surface area contributed by atoms with Crippen LogP contribution in [0.5, 0.6) is 0 Å². The molecule has 3 heterocycles. The van der Waals surface area contributed by atoms with Crippen molar-refractivity contribution >= 4 is 0 Å². The number of piperidine rings is 1. The molecule has 7 heteroatoms. The van der Waals surface area contributed by atoms with Gasteiger partial charge in [0.1, 0.15) is 0 Å². The Labute approximate surface area is 137 Å². The quantitative estimate of drug-likeness (QED) is 0.916. The van der Waals surface area contributed by atoms with Gasteiger partial charge < -0.3 is 9.67 Å². The first kappa shape index (κ1) is 15.7. The van der Waals surface area contributed by atoms with Gasteiger partial charge in [-0.05, 0) is 18.5 Å². The number of aliphatic hydroxyl groups is 1. The fraction of sp³-hybridized carbons (Fsp3) is 0.471. The molecular formula is C17H18F3N3O. The van der Waals surface area contributed by atoms with Gasteiger partial charge in [-0.3, -0.25) is 4.90 Å². The lowest BCUT2D eigenvalue weighted by Crippen LogP contribution is -2.49. The number of aromatic nitrogens is 2. The Morgan fingerprint density at radius 3 is 2.79 bits per heavy atom. The zero-order valence-corrected chi connectivity index (χ0v) is 12.9. The molecule has 4 rings (SSSR count). The molecule has 2 aliphatic heterocycles. The number of aliphatic hydroxyl groups excluding tert-OH is 1. The summed E-state index contributed by atoms with van der Waals surface area (Å²) in [6.45, 7) is -0.578. The first-order valence-electron chi connectivity index (χ1n) is 8.02. The molecule has 1 saturated heterocycles. The molecule has 2 aromatic rings. The molecule has 1 N–H and O–H groups in total. The van der Waals surface area contributed by atoms with Crippen LogP contribution in [0.3, 0.4) is 0 Å². The van der Waals surface area contributed by atoms with Gasteiger partial charge in [-0.1, -0.05) is 24.3 Å². The Morgan fingerprint density at radius 2 is 2.04 bits per heavy atom. The highest BCUT2D eigenvalue weighted by Gasteiger charge is 2.42. The summed E-state index contributed by atoms with van der Waals surface area (Å²) in [6.07, 6.45) is -0.969. The molecule has 128 valence electrons. The van der Waals surface area contributed by atoms with Gasteiger partial charge in [0.25, 0.3) is 0 Å². The molecule has 0 spiro atoms. The van der Waals surface area contributed by atoms with E-state index in [1.807, 2.05) is 28.8 Å². The molecule has 24 heavy (non-hydrogen) atoms. The standard InChI is InChI=1S/C17H18F3N3O/c18-17(19,20)9-22-6-5-13(15(24)8-22)16-12-4-2-1-3-11(12)14-7-21-10-23(14)16/h1-4,7,10,13,15-16,24H,5-6,8-9H2/t13-,15-,16+/m0/s1. The number of hydrogen-bond acceptors (Lipinski definition) is 3. The number of benzene rings is 1. The maximum Gasteiger partial charge on any atom is 0.401 e. The summed E-state index contributed by atoms with van der Waals surface area (Å²) in [5.74, 6) is -0.119. The van der Waals surface area contributed by atoms with Crippen molar-refractivity contribution in [1.82, 2.24) is 14.5 Å². The lowest BCUT2D eigenvalue weighted by molar-refractivity contribution is -0.154. The fourth-order valence-corrected chi connectivity index (χ4v) is 4.09. The van der Waals surface area contributed by atoms with Crippen molar-refractivity contribution < 1.29 is 18.3 Å². The van der Waals surface area contributed by atoms with E-state index in [2.05, 4.69) is 4.98 Å². The van der Waals surface area contributed by atoms with E-state index in [4.69, 9.17) is 0 Å². The van der Waals surface area contributed by atoms with Crippen molar-refractivity contribution in [3.8, 4) is 11.3 Å². The Hall–Kier alpha value is -1.86. The molecule has 0 radical (unpaired) electrons. The number of likely N-dealkylation sites (tertiary alicyclic amines) is 1. The van der Waals surface area contributed by atoms with Crippen molar-refractivity contribution in [2.45, 2.75) is 24.7 Å². The number of nitrogens with zero attached hydrogens (tertiary/aromatic N) is 3. The van der Waals surface area contributed by atoms with E-state index < -0.39 is 18.8 Å². The maximum absolute atomic E-state index is 12.6. The van der Waals surface area contributed by atoms with Gasteiger partial charge >= 0.3 is 6.18 Å². The van der Waals surface area contributed by atoms with Crippen LogP contribution in [0.4, 0.5) is 13.2 Å². The van der Waals surface area contributed by atoms with Crippen molar-refractivity contribution in [2.75, 3.05) is 19.6 Å². The van der Waals surface area contributed by atoms with Crippen LogP contribution in [0.25, 0.3) is 11.3 Å². The Balaban J connectivity index is 1.59. The second kappa shape index (κ2) is 5.60. The van der Waals surface area contributed by atoms with Crippen LogP contribution in [0.2, 0.25) is 0 Å². The van der Waals surface area contributed by atoms with Crippen LogP contribution in [0, 0.1) is 5.92 Å². The number of rotatable bonds is 2. The molecule has 0 amide bonds. The van der Waals surface area contributed by atoms with E-state index in [0.717, 1.165) is 16.8 Å². The molecule has 1 aromatic carbocycles. The molecule has 2 aliphatic rings. The summed E-state index contributed by atoms with van der Waals surface area (Å²) >= 11 is 0. The summed E-state index contributed by atoms with van der Waals surface area (Å²) in [6, 6.07) is 7.90. The monoisotopic (exact) mass is 337 g/mol. The largest absolute Gasteiger partial charge is 0.401 e. The van der Waals surface area contributed by atoms with Crippen molar-refractivity contribution in [3.63, 3.8) is 0 Å². The molecule has 1 aromatic heterocycles. The third-order valence-electron chi connectivity index (χ3n) is 5.05. The van der Waals surface area contributed by atoms with Crippen molar-refractivity contribution in [2.24, 2.45) is 5.92 Å². The summed E-state index contributed by atoms with van der Waals surface area (Å²) < 4.78 is 39.8. The molecule has 0 bridgehead atoms. The van der Waals surface area contributed by atoms with Crippen LogP contribution < -0.4 is 0 Å². The van der Waals surface area contributed by atoms with E-state index >= 15 is 0 Å². The van der Waals surface area contributed by atoms with Gasteiger partial charge in [0.2, 0.25) is 0 Å². The number of hydrogen-bond donors (Lipinski definition) is 1. The molecule has 3 atom stereocenters. The summed E-state index contributed by atoms with van der Waals surface area (Å²) in [4.78, 5) is 5.49. The van der Waals surface area contributed by atoms with Gasteiger partial charge in [-0.25, -0.2) is 4.98 Å². The van der Waals surface area contributed by atoms with Crippen LogP contribution >= 0.6 is 0 Å². The maximum atomic E-state index is 12.6. The third kappa shape index (κ3) is 2.61. The molecule has 0 unspecified atom stereocenters. The fourth-order valence-electron chi connectivity index (χ4n) is 4.09. The first-order chi connectivity index (χ1) is 11.4. The zero-order chi connectivity index (χ0) is 16.9. The third-order valence-corrected chi connectivity index (χ3v) is 5.05. The number of β-amino-alcohol motifs (C(OH)–C–C–N with tert-alkyl or cyclic N) is 1. The van der Waals surface area contributed by atoms with Crippen LogP contribution in [0.15, 0.2) is 36.8 Å². The summed E-state index contributed by atoms with van der Waals surface area (Å²) in [5.41, 5.74) is 3.20. The normalized spacial score (nSPS) is 27.1. The van der Waals surface area contributed by atoms with Gasteiger partial charge in [0, 0.05) is 18.0 Å². The van der Waals surface area contributed by atoms with Crippen LogP contribution in [-0.2, 0) is 0 Å². The number of halogens is 3. The predicted octanol–water partition coefficient (Wildman–Crippen LogP) is 2.70. The minimum Gasteiger partial charge on any atom is -0.391 e. The topological polar surface area (TPSA) is 41.3 Å². The SMILES string of the molecule is O[C@H]1CN(CC(F)(F)F)CC[C@@H]1[C@H]1c2ccccc2-c2cncn21. The highest BCUT2D eigenvalue weighted by molar-refractivity contribution is 5.69. The van der Waals surface area contributed by atoms with Gasteiger partial charge in [0.05, 0.1) is 36.9 Å². The number of imidazole rings is 1. The first-order valence-corrected chi connectivity index (χ1v) is 8.02. The molecule has 0 saturated carbocycles. The van der Waals surface area contributed by atoms with E-state index in [-0.39, 0.29) is 18.5 Å². The van der Waals surface area contributed by atoms with Crippen LogP contribution in [-0.4, -0.2) is 51.5 Å². The highest BCUT2D eigenvalue weighted by atomic mass is 19.4. The van der Waals surface area contributed by atoms with Crippen molar-refractivity contribution in [1.29, 1.82) is 0 Å². The minimum atomic E-state index is -4.23. The van der Waals surface area contributed by atoms with Crippen LogP contribution in [0.1, 0.15) is 18.0 Å². The predicted molar refractivity (Wildman–Crippen MR) is 82.4 cm³/mol. The average Bonchev–Trinajstić information content (AvgIpc) is 3.07. The van der Waals surface area contributed by atoms with Crippen molar-refractivity contribution in [3.05, 3.63) is 42.4 Å². The molecule has 0 aliphatic carbocycles. The molecular weight excluding hydrogens is 319 g/mol. The summed E-state index contributed by atoms with van der Waals surface area (Å²) in [7, 11) is 0. The lowest BCUT2D eigenvalue weighted by Gasteiger charge is -2.39. The number of alkyl halides is 3. The molecule has 4 nitrogen and oxygen atoms in total. The van der Waals surface area contributed by atoms with Gasteiger partial charge in [0.15, 0.2) is 0 Å². The van der Waals surface area contributed by atoms with E-state index in [0.29, 0.717) is 13.0 Å². The summed E-state index contributed by atoms with van der Waals surface area (Å²) in [5, 5.41) is 10.5. The smallest absolute Gasteiger partial charge is 0.391 e. The highest BCUT2D eigenvalue weighted by Crippen LogP contribution is 2.45. The van der Waals surface area contributed by atoms with Gasteiger partial charge in [-0.2, -0.15) is 13.2 Å². The van der Waals surface area contributed by atoms with E-state index in [1.165, 1.54) is 4.90 Å². The lowest BCUT2D eigenvalue weighted by atomic mass is 9.83. The second-order valence-electron chi connectivity index (χ2n) is 6.59. The van der Waals surface area contributed by atoms with Gasteiger partial charge in [-0.15, -0.1) is 0 Å². The van der Waals surface area contributed by atoms with E-state index in [9.17, 15) is 18.3 Å². The Kier molecular flexibility index (Phi) is 3.65. The Bertz CT molecular complexity index is 743. The Morgan fingerprint density at radius 1 is 1.25 bits per heavy atom. The second-order valence-corrected chi connectivity index (χ2v) is 6.59. The minimum absolute atomic E-state index is 0.0485. The molecule has 1 fully saturated rings.